The van der Waals surface area contributed by atoms with Crippen LogP contribution in [0.15, 0.2) is 101 Å². The molecule has 0 radical (unpaired) electrons. The minimum atomic E-state index is -0.796. The number of likely N-dealkylation sites (tertiary alicyclic amines) is 1. The number of aromatic nitrogens is 1. The van der Waals surface area contributed by atoms with E-state index in [9.17, 15) is 14.4 Å². The molecule has 1 aromatic heterocycles. The summed E-state index contributed by atoms with van der Waals surface area (Å²) < 4.78 is 0.938. The van der Waals surface area contributed by atoms with Crippen LogP contribution in [0.5, 0.6) is 0 Å². The van der Waals surface area contributed by atoms with Crippen molar-refractivity contribution in [3.05, 3.63) is 112 Å². The van der Waals surface area contributed by atoms with Gasteiger partial charge in [-0.05, 0) is 55.0 Å². The SMILES string of the molecule is CCN1C(=O)C(=O)/C(=C2/C=C(c3ccccc3)N(c3ccc(Br)cc3)c3nc4ccccc4cc32)C1=O. The fraction of sp³-hybridized carbons (Fsp3) is 0.0667. The molecule has 2 aliphatic rings. The average molecular weight is 550 g/mol. The summed E-state index contributed by atoms with van der Waals surface area (Å²) in [5, 5.41) is 0.864. The van der Waals surface area contributed by atoms with Gasteiger partial charge in [0.15, 0.2) is 0 Å². The fourth-order valence-corrected chi connectivity index (χ4v) is 5.09. The molecule has 0 saturated carbocycles. The van der Waals surface area contributed by atoms with Gasteiger partial charge in [-0.3, -0.25) is 24.2 Å². The lowest BCUT2D eigenvalue weighted by molar-refractivity contribution is -0.142. The third kappa shape index (κ3) is 3.70. The van der Waals surface area contributed by atoms with Crippen LogP contribution in [0.1, 0.15) is 18.1 Å². The Bertz CT molecular complexity index is 1670. The van der Waals surface area contributed by atoms with Crippen LogP contribution in [0.3, 0.4) is 0 Å². The number of allylic oxidation sites excluding steroid dienone is 2. The number of anilines is 2. The molecule has 6 rings (SSSR count). The summed E-state index contributed by atoms with van der Waals surface area (Å²) in [5.41, 5.74) is 4.15. The van der Waals surface area contributed by atoms with Crippen molar-refractivity contribution in [2.75, 3.05) is 11.4 Å². The first-order chi connectivity index (χ1) is 18.0. The van der Waals surface area contributed by atoms with Gasteiger partial charge in [-0.15, -0.1) is 0 Å². The summed E-state index contributed by atoms with van der Waals surface area (Å²) in [4.78, 5) is 47.2. The van der Waals surface area contributed by atoms with Crippen molar-refractivity contribution in [2.45, 2.75) is 6.92 Å². The van der Waals surface area contributed by atoms with Gasteiger partial charge in [0.1, 0.15) is 11.4 Å². The molecule has 0 N–H and O–H groups in total. The molecular weight excluding hydrogens is 530 g/mol. The van der Waals surface area contributed by atoms with E-state index in [1.54, 1.807) is 6.92 Å². The van der Waals surface area contributed by atoms with Gasteiger partial charge in [0, 0.05) is 33.2 Å². The molecule has 1 saturated heterocycles. The Hall–Kier alpha value is -4.36. The molecule has 37 heavy (non-hydrogen) atoms. The lowest BCUT2D eigenvalue weighted by Gasteiger charge is -2.33. The van der Waals surface area contributed by atoms with Crippen molar-refractivity contribution in [1.82, 2.24) is 9.88 Å². The predicted octanol–water partition coefficient (Wildman–Crippen LogP) is 5.90. The number of benzene rings is 3. The number of carbonyl (C=O) groups excluding carboxylic acids is 3. The maximum atomic E-state index is 13.3. The minimum Gasteiger partial charge on any atom is -0.294 e. The average Bonchev–Trinajstić information content (AvgIpc) is 3.14. The molecule has 2 amide bonds. The Morgan fingerprint density at radius 2 is 1.54 bits per heavy atom. The van der Waals surface area contributed by atoms with Gasteiger partial charge in [-0.1, -0.05) is 64.5 Å². The van der Waals surface area contributed by atoms with E-state index in [-0.39, 0.29) is 12.1 Å². The lowest BCUT2D eigenvalue weighted by atomic mass is 9.91. The molecule has 0 spiro atoms. The van der Waals surface area contributed by atoms with Crippen molar-refractivity contribution in [3.63, 3.8) is 0 Å². The number of rotatable bonds is 3. The largest absolute Gasteiger partial charge is 0.302 e. The van der Waals surface area contributed by atoms with Gasteiger partial charge >= 0.3 is 5.91 Å². The predicted molar refractivity (Wildman–Crippen MR) is 147 cm³/mol. The van der Waals surface area contributed by atoms with E-state index in [1.807, 2.05) is 95.9 Å². The smallest absolute Gasteiger partial charge is 0.294 e. The number of hydrogen-bond donors (Lipinski definition) is 0. The standard InChI is InChI=1S/C30H20BrN3O3/c1-2-33-29(36)26(27(35)30(33)37)22-17-25(18-8-4-3-5-9-18)34(21-14-12-20(31)13-15-21)28-23(22)16-19-10-6-7-11-24(19)32-28/h3-17H,2H2,1H3/b26-22+. The molecule has 3 heterocycles. The maximum Gasteiger partial charge on any atom is 0.302 e. The number of amides is 2. The summed E-state index contributed by atoms with van der Waals surface area (Å²) in [6.07, 6.45) is 1.83. The summed E-state index contributed by atoms with van der Waals surface area (Å²) in [6.45, 7) is 1.81. The zero-order valence-corrected chi connectivity index (χ0v) is 21.4. The van der Waals surface area contributed by atoms with E-state index >= 15 is 0 Å². The number of likely N-dealkylation sites (N-methyl/N-ethyl adjacent to an activating group) is 1. The van der Waals surface area contributed by atoms with Gasteiger partial charge in [-0.2, -0.15) is 0 Å². The number of Topliss-reactive ketones (excluding diaryl/α,β-unsaturated/α-hetero) is 1. The molecule has 4 aromatic rings. The van der Waals surface area contributed by atoms with Crippen LogP contribution >= 0.6 is 15.9 Å². The van der Waals surface area contributed by atoms with Crippen molar-refractivity contribution in [1.29, 1.82) is 0 Å². The molecule has 6 nitrogen and oxygen atoms in total. The number of para-hydroxylation sites is 1. The normalized spacial score (nSPS) is 17.5. The van der Waals surface area contributed by atoms with E-state index in [4.69, 9.17) is 4.98 Å². The Balaban J connectivity index is 1.72. The second kappa shape index (κ2) is 8.94. The third-order valence-corrected chi connectivity index (χ3v) is 7.12. The van der Waals surface area contributed by atoms with Crippen LogP contribution in [0.25, 0.3) is 22.2 Å². The highest BCUT2D eigenvalue weighted by Crippen LogP contribution is 2.46. The highest BCUT2D eigenvalue weighted by Gasteiger charge is 2.44. The first kappa shape index (κ1) is 23.1. The monoisotopic (exact) mass is 549 g/mol. The zero-order valence-electron chi connectivity index (χ0n) is 19.8. The molecule has 1 fully saturated rings. The number of hydrogen-bond acceptors (Lipinski definition) is 5. The topological polar surface area (TPSA) is 70.6 Å². The van der Waals surface area contributed by atoms with Crippen LogP contribution in [0.4, 0.5) is 11.5 Å². The quantitative estimate of drug-likeness (QED) is 0.138. The number of nitrogens with zero attached hydrogens (tertiary/aromatic N) is 3. The first-order valence-electron chi connectivity index (χ1n) is 11.9. The van der Waals surface area contributed by atoms with Crippen molar-refractivity contribution >= 4 is 67.2 Å². The summed E-state index contributed by atoms with van der Waals surface area (Å²) >= 11 is 3.51. The van der Waals surface area contributed by atoms with Crippen LogP contribution in [0.2, 0.25) is 0 Å². The van der Waals surface area contributed by atoms with Crippen molar-refractivity contribution in [2.24, 2.45) is 0 Å². The highest BCUT2D eigenvalue weighted by molar-refractivity contribution is 9.10. The number of fused-ring (bicyclic) bond motifs is 2. The number of pyridine rings is 1. The second-order valence-corrected chi connectivity index (χ2v) is 9.65. The molecule has 0 atom stereocenters. The molecular formula is C30H20BrN3O3. The van der Waals surface area contributed by atoms with Gasteiger partial charge in [0.2, 0.25) is 0 Å². The van der Waals surface area contributed by atoms with Crippen LogP contribution in [0, 0.1) is 0 Å². The minimum absolute atomic E-state index is 0.117. The molecule has 180 valence electrons. The molecule has 7 heteroatoms. The molecule has 0 unspecified atom stereocenters. The number of carbonyl (C=O) groups is 3. The van der Waals surface area contributed by atoms with Gasteiger partial charge < -0.3 is 0 Å². The Labute approximate surface area is 221 Å². The van der Waals surface area contributed by atoms with E-state index in [1.165, 1.54) is 0 Å². The third-order valence-electron chi connectivity index (χ3n) is 6.59. The van der Waals surface area contributed by atoms with E-state index in [2.05, 4.69) is 15.9 Å². The van der Waals surface area contributed by atoms with Crippen LogP contribution in [-0.4, -0.2) is 34.0 Å². The second-order valence-electron chi connectivity index (χ2n) is 8.73. The summed E-state index contributed by atoms with van der Waals surface area (Å²) in [6, 6.07) is 27.2. The van der Waals surface area contributed by atoms with E-state index < -0.39 is 17.6 Å². The molecule has 2 aliphatic heterocycles. The fourth-order valence-electron chi connectivity index (χ4n) is 4.83. The Morgan fingerprint density at radius 1 is 0.838 bits per heavy atom. The number of ketones is 1. The lowest BCUT2D eigenvalue weighted by Crippen LogP contribution is -2.30. The van der Waals surface area contributed by atoms with Crippen molar-refractivity contribution in [3.8, 4) is 0 Å². The van der Waals surface area contributed by atoms with Gasteiger partial charge in [-0.25, -0.2) is 4.98 Å². The summed E-state index contributed by atoms with van der Waals surface area (Å²) in [7, 11) is 0. The van der Waals surface area contributed by atoms with Gasteiger partial charge in [0.05, 0.1) is 11.2 Å². The first-order valence-corrected chi connectivity index (χ1v) is 12.6. The Kier molecular flexibility index (Phi) is 5.57. The maximum absolute atomic E-state index is 13.3. The Morgan fingerprint density at radius 3 is 2.24 bits per heavy atom. The van der Waals surface area contributed by atoms with Crippen molar-refractivity contribution < 1.29 is 14.4 Å². The van der Waals surface area contributed by atoms with E-state index in [0.717, 1.165) is 37.2 Å². The highest BCUT2D eigenvalue weighted by atomic mass is 79.9. The van der Waals surface area contributed by atoms with Crippen LogP contribution < -0.4 is 4.90 Å². The summed E-state index contributed by atoms with van der Waals surface area (Å²) in [5.74, 6) is -1.59. The number of halogens is 1. The number of imide groups is 1. The zero-order chi connectivity index (χ0) is 25.7. The van der Waals surface area contributed by atoms with Gasteiger partial charge in [0.25, 0.3) is 11.7 Å². The van der Waals surface area contributed by atoms with E-state index in [0.29, 0.717) is 17.0 Å². The molecule has 0 bridgehead atoms. The molecule has 3 aromatic carbocycles. The molecule has 0 aliphatic carbocycles. The van der Waals surface area contributed by atoms with Crippen LogP contribution in [-0.2, 0) is 14.4 Å².